The topological polar surface area (TPSA) is 40.2 Å². The largest absolute Gasteiger partial charge is 0.380 e. The number of benzene rings is 1. The van der Waals surface area contributed by atoms with Gasteiger partial charge in [-0.3, -0.25) is 4.99 Å². The molecule has 7 heteroatoms. The van der Waals surface area contributed by atoms with Crippen LogP contribution in [0.1, 0.15) is 43.9 Å². The minimum absolute atomic E-state index is 0.0442. The van der Waals surface area contributed by atoms with Crippen LogP contribution in [0.4, 0.5) is 23.2 Å². The number of anilines is 1. The highest BCUT2D eigenvalue weighted by Gasteiger charge is 2.29. The highest BCUT2D eigenvalue weighted by atomic mass is 19.2. The highest BCUT2D eigenvalue weighted by molar-refractivity contribution is 5.88. The van der Waals surface area contributed by atoms with E-state index in [1.54, 1.807) is 24.4 Å². The highest BCUT2D eigenvalue weighted by Crippen LogP contribution is 2.37. The van der Waals surface area contributed by atoms with Gasteiger partial charge >= 0.3 is 0 Å². The van der Waals surface area contributed by atoms with E-state index in [9.17, 15) is 17.6 Å². The van der Waals surface area contributed by atoms with Crippen molar-refractivity contribution in [3.8, 4) is 0 Å². The number of unbranched alkanes of at least 4 members (excludes halogenated alkanes) is 3. The number of nitrogens with zero attached hydrogens (tertiary/aromatic N) is 1. The van der Waals surface area contributed by atoms with Crippen molar-refractivity contribution >= 4 is 17.5 Å². The standard InChI is InChI=1S/C21H21F4N3/c1-2-3-4-5-10-28-21-19(24)17(22)16(18(23)20(21)25)15(13-8-6-11-26-13)14-9-7-12-27-14/h6-9,11-12,26,28H,2-5,10H2,1H3/b15-14+. The zero-order valence-corrected chi connectivity index (χ0v) is 15.5. The van der Waals surface area contributed by atoms with Gasteiger partial charge in [0.2, 0.25) is 0 Å². The van der Waals surface area contributed by atoms with Gasteiger partial charge in [-0.25, -0.2) is 17.6 Å². The van der Waals surface area contributed by atoms with Gasteiger partial charge in [-0.05, 0) is 30.7 Å². The first-order chi connectivity index (χ1) is 13.6. The van der Waals surface area contributed by atoms with E-state index in [0.717, 1.165) is 19.3 Å². The quantitative estimate of drug-likeness (QED) is 0.325. The molecular weight excluding hydrogens is 370 g/mol. The van der Waals surface area contributed by atoms with E-state index in [4.69, 9.17) is 0 Å². The van der Waals surface area contributed by atoms with Crippen molar-refractivity contribution in [2.75, 3.05) is 11.9 Å². The van der Waals surface area contributed by atoms with Crippen LogP contribution in [-0.2, 0) is 0 Å². The van der Waals surface area contributed by atoms with Crippen molar-refractivity contribution in [1.82, 2.24) is 4.98 Å². The zero-order valence-electron chi connectivity index (χ0n) is 15.5. The molecule has 0 radical (unpaired) electrons. The van der Waals surface area contributed by atoms with Crippen LogP contribution in [-0.4, -0.2) is 17.7 Å². The molecule has 0 bridgehead atoms. The molecule has 3 nitrogen and oxygen atoms in total. The van der Waals surface area contributed by atoms with Crippen molar-refractivity contribution in [3.63, 3.8) is 0 Å². The first kappa shape index (κ1) is 19.9. The van der Waals surface area contributed by atoms with Gasteiger partial charge in [0.15, 0.2) is 23.3 Å². The Morgan fingerprint density at radius 1 is 1.04 bits per heavy atom. The molecule has 2 N–H and O–H groups in total. The summed E-state index contributed by atoms with van der Waals surface area (Å²) in [6, 6.07) is 3.17. The summed E-state index contributed by atoms with van der Waals surface area (Å²) < 4.78 is 59.0. The molecule has 0 spiro atoms. The lowest BCUT2D eigenvalue weighted by atomic mass is 9.98. The summed E-state index contributed by atoms with van der Waals surface area (Å²) >= 11 is 0. The average Bonchev–Trinajstić information content (AvgIpc) is 3.40. The maximum absolute atomic E-state index is 14.9. The van der Waals surface area contributed by atoms with E-state index in [0.29, 0.717) is 12.1 Å². The van der Waals surface area contributed by atoms with Crippen LogP contribution in [0.25, 0.3) is 5.57 Å². The molecule has 148 valence electrons. The number of allylic oxidation sites excluding steroid dienone is 2. The fourth-order valence-electron chi connectivity index (χ4n) is 3.11. The van der Waals surface area contributed by atoms with Crippen LogP contribution < -0.4 is 5.32 Å². The molecule has 1 aromatic heterocycles. The van der Waals surface area contributed by atoms with E-state index in [2.05, 4.69) is 15.3 Å². The summed E-state index contributed by atoms with van der Waals surface area (Å²) in [6.45, 7) is 2.26. The van der Waals surface area contributed by atoms with Gasteiger partial charge in [0.1, 0.15) is 5.69 Å². The molecule has 1 aromatic carbocycles. The van der Waals surface area contributed by atoms with Crippen LogP contribution in [0, 0.1) is 23.3 Å². The number of nitrogens with one attached hydrogen (secondary N) is 2. The lowest BCUT2D eigenvalue weighted by Gasteiger charge is -2.16. The fraction of sp³-hybridized carbons (Fsp3) is 0.286. The van der Waals surface area contributed by atoms with Gasteiger partial charge in [0.25, 0.3) is 0 Å². The van der Waals surface area contributed by atoms with Crippen LogP contribution >= 0.6 is 0 Å². The smallest absolute Gasteiger partial charge is 0.185 e. The summed E-state index contributed by atoms with van der Waals surface area (Å²) in [5, 5.41) is 2.49. The maximum Gasteiger partial charge on any atom is 0.185 e. The van der Waals surface area contributed by atoms with Crippen LogP contribution in [0.3, 0.4) is 0 Å². The van der Waals surface area contributed by atoms with Gasteiger partial charge in [-0.2, -0.15) is 0 Å². The van der Waals surface area contributed by atoms with Gasteiger partial charge in [-0.1, -0.05) is 26.2 Å². The van der Waals surface area contributed by atoms with Crippen molar-refractivity contribution in [3.05, 3.63) is 70.7 Å². The molecule has 1 aliphatic rings. The van der Waals surface area contributed by atoms with Gasteiger partial charge in [0.05, 0.1) is 11.3 Å². The molecule has 0 saturated carbocycles. The molecule has 0 atom stereocenters. The molecule has 28 heavy (non-hydrogen) atoms. The molecule has 2 aromatic rings. The molecular formula is C21H21F4N3. The summed E-state index contributed by atoms with van der Waals surface area (Å²) in [5.41, 5.74) is -1.10. The number of hydrogen-bond acceptors (Lipinski definition) is 2. The molecule has 1 aliphatic heterocycles. The molecule has 3 rings (SSSR count). The molecule has 0 saturated heterocycles. The Labute approximate surface area is 160 Å². The van der Waals surface area contributed by atoms with Gasteiger partial charge in [-0.15, -0.1) is 0 Å². The number of halogens is 4. The number of H-pyrrole nitrogens is 1. The lowest BCUT2D eigenvalue weighted by molar-refractivity contribution is 0.454. The number of rotatable bonds is 8. The first-order valence-corrected chi connectivity index (χ1v) is 9.25. The second kappa shape index (κ2) is 8.91. The van der Waals surface area contributed by atoms with E-state index >= 15 is 0 Å². The monoisotopic (exact) mass is 391 g/mol. The third kappa shape index (κ3) is 3.88. The predicted octanol–water partition coefficient (Wildman–Crippen LogP) is 5.96. The van der Waals surface area contributed by atoms with E-state index < -0.39 is 34.5 Å². The predicted molar refractivity (Wildman–Crippen MR) is 103 cm³/mol. The van der Waals surface area contributed by atoms with E-state index in [1.165, 1.54) is 12.3 Å². The number of hydrogen-bond donors (Lipinski definition) is 2. The summed E-state index contributed by atoms with van der Waals surface area (Å²) in [6.07, 6.45) is 9.58. The molecule has 2 heterocycles. The van der Waals surface area contributed by atoms with Gasteiger partial charge in [0, 0.05) is 30.2 Å². The Morgan fingerprint density at radius 3 is 2.36 bits per heavy atom. The normalized spacial score (nSPS) is 14.8. The summed E-state index contributed by atoms with van der Waals surface area (Å²) in [7, 11) is 0. The lowest BCUT2D eigenvalue weighted by Crippen LogP contribution is -2.12. The summed E-state index contributed by atoms with van der Waals surface area (Å²) in [4.78, 5) is 6.86. The van der Waals surface area contributed by atoms with Gasteiger partial charge < -0.3 is 10.3 Å². The van der Waals surface area contributed by atoms with Crippen LogP contribution in [0.5, 0.6) is 0 Å². The number of aromatic nitrogens is 1. The molecule has 0 unspecified atom stereocenters. The van der Waals surface area contributed by atoms with Crippen molar-refractivity contribution in [2.24, 2.45) is 4.99 Å². The Kier molecular flexibility index (Phi) is 6.34. The minimum Gasteiger partial charge on any atom is -0.380 e. The first-order valence-electron chi connectivity index (χ1n) is 9.25. The average molecular weight is 391 g/mol. The number of aromatic amines is 1. The van der Waals surface area contributed by atoms with E-state index in [-0.39, 0.29) is 17.8 Å². The maximum atomic E-state index is 14.9. The third-order valence-electron chi connectivity index (χ3n) is 4.52. The van der Waals surface area contributed by atoms with Crippen molar-refractivity contribution in [2.45, 2.75) is 32.6 Å². The fourth-order valence-corrected chi connectivity index (χ4v) is 3.11. The zero-order chi connectivity index (χ0) is 20.1. The third-order valence-corrected chi connectivity index (χ3v) is 4.52. The minimum atomic E-state index is -1.46. The van der Waals surface area contributed by atoms with Crippen LogP contribution in [0.2, 0.25) is 0 Å². The summed E-state index contributed by atoms with van der Waals surface area (Å²) in [5.74, 6) is -5.80. The van der Waals surface area contributed by atoms with E-state index in [1.807, 2.05) is 6.92 Å². The second-order valence-corrected chi connectivity index (χ2v) is 6.47. The Morgan fingerprint density at radius 2 is 1.79 bits per heavy atom. The van der Waals surface area contributed by atoms with Crippen molar-refractivity contribution in [1.29, 1.82) is 0 Å². The van der Waals surface area contributed by atoms with Crippen molar-refractivity contribution < 1.29 is 17.6 Å². The SMILES string of the molecule is CCCCCCNc1c(F)c(F)c(/C(=C2\C=CC=N2)c2ccc[nH]2)c(F)c1F. The molecule has 0 amide bonds. The molecule has 0 fully saturated rings. The van der Waals surface area contributed by atoms with Crippen LogP contribution in [0.15, 0.2) is 41.2 Å². The molecule has 0 aliphatic carbocycles. The Bertz CT molecular complexity index is 885. The Balaban J connectivity index is 2.04. The Hall–Kier alpha value is -2.83. The second-order valence-electron chi connectivity index (χ2n) is 6.47. The number of aliphatic imine (C=N–C) groups is 1.